The molecule has 0 radical (unpaired) electrons. The number of carbonyl (C=O) groups excluding carboxylic acids is 1. The average molecular weight is 237 g/mol. The second-order valence-corrected chi connectivity index (χ2v) is 4.68. The number of aromatic nitrogens is 1. The zero-order valence-corrected chi connectivity index (χ0v) is 11.2. The maximum Gasteiger partial charge on any atom is 0.192 e. The fourth-order valence-electron chi connectivity index (χ4n) is 2.00. The van der Waals surface area contributed by atoms with Crippen molar-refractivity contribution in [3.63, 3.8) is 0 Å². The predicted molar refractivity (Wildman–Crippen MR) is 70.4 cm³/mol. The van der Waals surface area contributed by atoms with Gasteiger partial charge in [0.25, 0.3) is 0 Å². The third-order valence-corrected chi connectivity index (χ3v) is 2.90. The molecule has 0 aromatic carbocycles. The second kappa shape index (κ2) is 6.57. The van der Waals surface area contributed by atoms with Crippen LogP contribution in [0.4, 0.5) is 0 Å². The number of H-pyrrole nitrogens is 1. The Morgan fingerprint density at radius 2 is 2.18 bits per heavy atom. The van der Waals surface area contributed by atoms with Crippen LogP contribution in [0.25, 0.3) is 0 Å². The molecule has 0 saturated carbocycles. The summed E-state index contributed by atoms with van der Waals surface area (Å²) in [4.78, 5) is 19.3. The van der Waals surface area contributed by atoms with Gasteiger partial charge in [-0.2, -0.15) is 0 Å². The third kappa shape index (κ3) is 4.32. The first kappa shape index (κ1) is 13.9. The van der Waals surface area contributed by atoms with Crippen LogP contribution in [0.5, 0.6) is 0 Å². The molecule has 1 heterocycles. The molecule has 1 atom stereocenters. The first-order valence-electron chi connectivity index (χ1n) is 6.10. The van der Waals surface area contributed by atoms with Crippen LogP contribution in [0.3, 0.4) is 0 Å². The van der Waals surface area contributed by atoms with Gasteiger partial charge in [0.15, 0.2) is 5.78 Å². The van der Waals surface area contributed by atoms with E-state index in [0.717, 1.165) is 13.1 Å². The van der Waals surface area contributed by atoms with Gasteiger partial charge in [0.05, 0.1) is 12.2 Å². The molecule has 0 aliphatic heterocycles. The van der Waals surface area contributed by atoms with Crippen molar-refractivity contribution in [2.45, 2.75) is 19.9 Å². The van der Waals surface area contributed by atoms with E-state index in [1.54, 1.807) is 6.20 Å². The van der Waals surface area contributed by atoms with E-state index in [0.29, 0.717) is 18.3 Å². The molecule has 0 aliphatic rings. The summed E-state index contributed by atoms with van der Waals surface area (Å²) in [7, 11) is 4.11. The molecule has 96 valence electrons. The highest BCUT2D eigenvalue weighted by Gasteiger charge is 2.17. The molecule has 0 fully saturated rings. The van der Waals surface area contributed by atoms with Gasteiger partial charge in [-0.15, -0.1) is 0 Å². The Morgan fingerprint density at radius 1 is 1.47 bits per heavy atom. The maximum atomic E-state index is 12.0. The molecule has 0 bridgehead atoms. The minimum absolute atomic E-state index is 0.155. The third-order valence-electron chi connectivity index (χ3n) is 2.90. The van der Waals surface area contributed by atoms with Crippen LogP contribution in [-0.4, -0.2) is 60.3 Å². The number of nitrogens with one attached hydrogen (secondary N) is 1. The minimum Gasteiger partial charge on any atom is -0.359 e. The van der Waals surface area contributed by atoms with Crippen molar-refractivity contribution in [3.8, 4) is 0 Å². The number of likely N-dealkylation sites (N-methyl/N-ethyl adjacent to an activating group) is 2. The number of Topliss-reactive ketones (excluding diaryl/α,β-unsaturated/α-hetero) is 1. The smallest absolute Gasteiger partial charge is 0.192 e. The largest absolute Gasteiger partial charge is 0.359 e. The van der Waals surface area contributed by atoms with Gasteiger partial charge in [-0.25, -0.2) is 0 Å². The number of nitrogens with zero attached hydrogens (tertiary/aromatic N) is 2. The Labute approximate surface area is 104 Å². The van der Waals surface area contributed by atoms with Crippen molar-refractivity contribution in [3.05, 3.63) is 24.0 Å². The van der Waals surface area contributed by atoms with E-state index in [1.807, 2.05) is 12.1 Å². The highest BCUT2D eigenvalue weighted by Crippen LogP contribution is 2.04. The van der Waals surface area contributed by atoms with Crippen LogP contribution >= 0.6 is 0 Å². The summed E-state index contributed by atoms with van der Waals surface area (Å²) in [6.45, 7) is 6.58. The zero-order valence-electron chi connectivity index (χ0n) is 11.2. The van der Waals surface area contributed by atoms with E-state index >= 15 is 0 Å². The van der Waals surface area contributed by atoms with E-state index < -0.39 is 0 Å². The summed E-state index contributed by atoms with van der Waals surface area (Å²) in [6, 6.07) is 4.06. The summed E-state index contributed by atoms with van der Waals surface area (Å²) >= 11 is 0. The van der Waals surface area contributed by atoms with E-state index in [-0.39, 0.29) is 5.78 Å². The number of aromatic amines is 1. The van der Waals surface area contributed by atoms with Crippen molar-refractivity contribution < 1.29 is 4.79 Å². The standard InChI is InChI=1S/C13H23N3O/c1-5-16(11(2)9-15(3)4)10-13(17)12-7-6-8-14-12/h6-8,11,14H,5,9-10H2,1-4H3. The van der Waals surface area contributed by atoms with Crippen LogP contribution in [0.15, 0.2) is 18.3 Å². The van der Waals surface area contributed by atoms with Gasteiger partial charge in [0.1, 0.15) is 0 Å². The van der Waals surface area contributed by atoms with Crippen molar-refractivity contribution in [1.82, 2.24) is 14.8 Å². The summed E-state index contributed by atoms with van der Waals surface area (Å²) in [5, 5.41) is 0. The molecule has 0 aliphatic carbocycles. The zero-order chi connectivity index (χ0) is 12.8. The summed E-state index contributed by atoms with van der Waals surface area (Å²) in [5.41, 5.74) is 0.695. The monoisotopic (exact) mass is 237 g/mol. The molecule has 0 spiro atoms. The molecule has 0 amide bonds. The normalized spacial score (nSPS) is 13.3. The van der Waals surface area contributed by atoms with Crippen LogP contribution in [0, 0.1) is 0 Å². The van der Waals surface area contributed by atoms with Crippen LogP contribution < -0.4 is 0 Å². The van der Waals surface area contributed by atoms with Gasteiger partial charge in [0, 0.05) is 18.8 Å². The topological polar surface area (TPSA) is 39.3 Å². The molecule has 1 rings (SSSR count). The molecule has 17 heavy (non-hydrogen) atoms. The maximum absolute atomic E-state index is 12.0. The summed E-state index contributed by atoms with van der Waals surface area (Å²) in [6.07, 6.45) is 1.78. The predicted octanol–water partition coefficient (Wildman–Crippen LogP) is 1.47. The van der Waals surface area contributed by atoms with Gasteiger partial charge >= 0.3 is 0 Å². The molecular formula is C13H23N3O. The highest BCUT2D eigenvalue weighted by atomic mass is 16.1. The van der Waals surface area contributed by atoms with E-state index in [4.69, 9.17) is 0 Å². The van der Waals surface area contributed by atoms with Crippen molar-refractivity contribution in [2.75, 3.05) is 33.7 Å². The van der Waals surface area contributed by atoms with Crippen LogP contribution in [0.1, 0.15) is 24.3 Å². The molecule has 1 unspecified atom stereocenters. The first-order valence-corrected chi connectivity index (χ1v) is 6.10. The van der Waals surface area contributed by atoms with E-state index in [2.05, 4.69) is 42.7 Å². The number of ketones is 1. The number of rotatable bonds is 7. The second-order valence-electron chi connectivity index (χ2n) is 4.68. The molecule has 1 aromatic rings. The molecule has 1 aromatic heterocycles. The van der Waals surface area contributed by atoms with Crippen LogP contribution in [-0.2, 0) is 0 Å². The fourth-order valence-corrected chi connectivity index (χ4v) is 2.00. The van der Waals surface area contributed by atoms with Crippen LogP contribution in [0.2, 0.25) is 0 Å². The highest BCUT2D eigenvalue weighted by molar-refractivity contribution is 5.95. The van der Waals surface area contributed by atoms with Crippen molar-refractivity contribution in [2.24, 2.45) is 0 Å². The fraction of sp³-hybridized carbons (Fsp3) is 0.615. The lowest BCUT2D eigenvalue weighted by Gasteiger charge is -2.29. The summed E-state index contributed by atoms with van der Waals surface area (Å²) in [5.74, 6) is 0.155. The van der Waals surface area contributed by atoms with Crippen molar-refractivity contribution in [1.29, 1.82) is 0 Å². The molecule has 1 N–H and O–H groups in total. The number of hydrogen-bond donors (Lipinski definition) is 1. The van der Waals surface area contributed by atoms with Gasteiger partial charge in [-0.05, 0) is 39.7 Å². The Kier molecular flexibility index (Phi) is 5.38. The molecular weight excluding hydrogens is 214 g/mol. The van der Waals surface area contributed by atoms with Gasteiger partial charge < -0.3 is 9.88 Å². The van der Waals surface area contributed by atoms with Gasteiger partial charge in [-0.1, -0.05) is 6.92 Å². The quantitative estimate of drug-likeness (QED) is 0.730. The molecule has 4 nitrogen and oxygen atoms in total. The lowest BCUT2D eigenvalue weighted by molar-refractivity contribution is 0.0884. The average Bonchev–Trinajstić information content (AvgIpc) is 2.77. The molecule has 4 heteroatoms. The SMILES string of the molecule is CCN(CC(=O)c1ccc[nH]1)C(C)CN(C)C. The number of carbonyl (C=O) groups is 1. The lowest BCUT2D eigenvalue weighted by Crippen LogP contribution is -2.42. The lowest BCUT2D eigenvalue weighted by atomic mass is 10.2. The Morgan fingerprint density at radius 3 is 2.65 bits per heavy atom. The summed E-state index contributed by atoms with van der Waals surface area (Å²) < 4.78 is 0. The first-order chi connectivity index (χ1) is 8.04. The minimum atomic E-state index is 0.155. The Balaban J connectivity index is 2.54. The van der Waals surface area contributed by atoms with E-state index in [9.17, 15) is 4.79 Å². The number of hydrogen-bond acceptors (Lipinski definition) is 3. The Bertz CT molecular complexity index is 332. The van der Waals surface area contributed by atoms with Gasteiger partial charge in [0.2, 0.25) is 0 Å². The molecule has 0 saturated heterocycles. The Hall–Kier alpha value is -1.13. The van der Waals surface area contributed by atoms with Crippen molar-refractivity contribution >= 4 is 5.78 Å². The van der Waals surface area contributed by atoms with E-state index in [1.165, 1.54) is 0 Å². The van der Waals surface area contributed by atoms with Gasteiger partial charge in [-0.3, -0.25) is 9.69 Å².